The molecule has 6 heteroatoms. The molecular weight excluding hydrogens is 372 g/mol. The van der Waals surface area contributed by atoms with Gasteiger partial charge in [-0.15, -0.1) is 0 Å². The summed E-state index contributed by atoms with van der Waals surface area (Å²) in [5.41, 5.74) is -0.242. The van der Waals surface area contributed by atoms with E-state index in [4.69, 9.17) is 10.2 Å². The molecule has 0 heterocycles. The normalized spacial score (nSPS) is 13.5. The molecule has 2 unspecified atom stereocenters. The van der Waals surface area contributed by atoms with Crippen molar-refractivity contribution in [1.82, 2.24) is 0 Å². The Balaban J connectivity index is 0.000000408. The van der Waals surface area contributed by atoms with Crippen LogP contribution in [0.15, 0.2) is 60.7 Å². The molecule has 0 amide bonds. The lowest BCUT2D eigenvalue weighted by atomic mass is 9.80. The lowest BCUT2D eigenvalue weighted by molar-refractivity contribution is -0.0753. The van der Waals surface area contributed by atoms with Crippen molar-refractivity contribution in [2.45, 2.75) is 52.7 Å². The van der Waals surface area contributed by atoms with Crippen LogP contribution in [-0.4, -0.2) is 44.1 Å². The highest BCUT2D eigenvalue weighted by molar-refractivity contribution is 5.87. The van der Waals surface area contributed by atoms with Crippen LogP contribution in [0.1, 0.15) is 61.8 Å². The van der Waals surface area contributed by atoms with Crippen LogP contribution >= 0.6 is 0 Å². The maximum absolute atomic E-state index is 10.2. The van der Waals surface area contributed by atoms with Gasteiger partial charge in [-0.3, -0.25) is 0 Å². The monoisotopic (exact) mass is 404 g/mol. The van der Waals surface area contributed by atoms with E-state index in [0.717, 1.165) is 0 Å². The minimum Gasteiger partial charge on any atom is -0.478 e. The molecule has 0 aliphatic carbocycles. The number of rotatable bonds is 4. The predicted molar refractivity (Wildman–Crippen MR) is 113 cm³/mol. The van der Waals surface area contributed by atoms with Crippen molar-refractivity contribution in [3.63, 3.8) is 0 Å². The Morgan fingerprint density at radius 3 is 1.24 bits per heavy atom. The molecule has 0 aliphatic heterocycles. The third-order valence-electron chi connectivity index (χ3n) is 3.83. The van der Waals surface area contributed by atoms with Crippen molar-refractivity contribution < 1.29 is 30.0 Å². The smallest absolute Gasteiger partial charge is 0.335 e. The number of benzene rings is 2. The fourth-order valence-corrected chi connectivity index (χ4v) is 2.38. The van der Waals surface area contributed by atoms with Crippen LogP contribution in [0.25, 0.3) is 0 Å². The number of carbonyl (C=O) groups is 2. The van der Waals surface area contributed by atoms with E-state index in [1.54, 1.807) is 74.5 Å². The van der Waals surface area contributed by atoms with Crippen LogP contribution in [0, 0.1) is 5.41 Å². The molecule has 0 radical (unpaired) electrons. The lowest BCUT2D eigenvalue weighted by Crippen LogP contribution is -2.40. The number of aliphatic hydroxyl groups excluding tert-OH is 1. The average molecular weight is 405 g/mol. The Kier molecular flexibility index (Phi) is 10.9. The zero-order chi connectivity index (χ0) is 22.7. The summed E-state index contributed by atoms with van der Waals surface area (Å²) in [6.07, 6.45) is -0.0563. The van der Waals surface area contributed by atoms with E-state index in [1.165, 1.54) is 0 Å². The minimum absolute atomic E-state index is 0.0560. The first-order valence-electron chi connectivity index (χ1n) is 9.23. The van der Waals surface area contributed by atoms with E-state index in [-0.39, 0.29) is 5.41 Å². The molecule has 0 saturated carbocycles. The molecule has 0 aromatic heterocycles. The summed E-state index contributed by atoms with van der Waals surface area (Å²) in [5.74, 6) is -1.76. The fraction of sp³-hybridized carbons (Fsp3) is 0.391. The van der Waals surface area contributed by atoms with E-state index in [2.05, 4.69) is 0 Å². The van der Waals surface area contributed by atoms with E-state index in [0.29, 0.717) is 17.5 Å². The number of carboxylic acid groups (broad SMARTS) is 2. The van der Waals surface area contributed by atoms with Gasteiger partial charge in [0, 0.05) is 0 Å². The van der Waals surface area contributed by atoms with Crippen molar-refractivity contribution in [1.29, 1.82) is 0 Å². The second kappa shape index (κ2) is 12.0. The van der Waals surface area contributed by atoms with E-state index >= 15 is 0 Å². The van der Waals surface area contributed by atoms with Crippen molar-refractivity contribution in [2.75, 3.05) is 0 Å². The zero-order valence-electron chi connectivity index (χ0n) is 17.7. The molecule has 0 aliphatic rings. The number of carboxylic acids is 2. The molecule has 4 N–H and O–H groups in total. The van der Waals surface area contributed by atoms with Crippen LogP contribution in [0.5, 0.6) is 0 Å². The molecule has 6 nitrogen and oxygen atoms in total. The SMILES string of the molecule is CC(O)C(C)(O)CC(C)(C)C.O=C(O)c1ccccc1.O=C(O)c1ccccc1. The number of aliphatic hydroxyl groups is 2. The highest BCUT2D eigenvalue weighted by atomic mass is 16.4. The highest BCUT2D eigenvalue weighted by Crippen LogP contribution is 2.28. The summed E-state index contributed by atoms with van der Waals surface area (Å²) in [4.78, 5) is 20.4. The zero-order valence-corrected chi connectivity index (χ0v) is 17.7. The molecular formula is C23H32O6. The van der Waals surface area contributed by atoms with Gasteiger partial charge < -0.3 is 20.4 Å². The Hall–Kier alpha value is -2.70. The quantitative estimate of drug-likeness (QED) is 0.603. The minimum atomic E-state index is -0.960. The van der Waals surface area contributed by atoms with E-state index in [9.17, 15) is 19.8 Å². The molecule has 0 spiro atoms. The van der Waals surface area contributed by atoms with E-state index in [1.807, 2.05) is 20.8 Å². The van der Waals surface area contributed by atoms with Gasteiger partial charge in [-0.25, -0.2) is 9.59 Å². The predicted octanol–water partition coefficient (Wildman–Crippen LogP) is 4.32. The second-order valence-electron chi connectivity index (χ2n) is 8.11. The molecule has 0 saturated heterocycles. The molecule has 0 bridgehead atoms. The summed E-state index contributed by atoms with van der Waals surface area (Å²) < 4.78 is 0. The fourth-order valence-electron chi connectivity index (χ4n) is 2.38. The number of hydrogen-bond donors (Lipinski definition) is 4. The third kappa shape index (κ3) is 12.4. The van der Waals surface area contributed by atoms with Crippen molar-refractivity contribution in [3.05, 3.63) is 71.8 Å². The topological polar surface area (TPSA) is 115 Å². The maximum atomic E-state index is 10.2. The van der Waals surface area contributed by atoms with Gasteiger partial charge >= 0.3 is 11.9 Å². The third-order valence-corrected chi connectivity index (χ3v) is 3.83. The van der Waals surface area contributed by atoms with Gasteiger partial charge in [0.1, 0.15) is 0 Å². The molecule has 2 rings (SSSR count). The Morgan fingerprint density at radius 1 is 0.793 bits per heavy atom. The van der Waals surface area contributed by atoms with Crippen molar-refractivity contribution in [3.8, 4) is 0 Å². The van der Waals surface area contributed by atoms with Gasteiger partial charge in [0.2, 0.25) is 0 Å². The van der Waals surface area contributed by atoms with Gasteiger partial charge in [0.15, 0.2) is 0 Å². The van der Waals surface area contributed by atoms with Crippen LogP contribution in [0.4, 0.5) is 0 Å². The summed E-state index contributed by atoms with van der Waals surface area (Å²) in [7, 11) is 0. The summed E-state index contributed by atoms with van der Waals surface area (Å²) in [6.45, 7) is 9.42. The van der Waals surface area contributed by atoms with Gasteiger partial charge in [0.25, 0.3) is 0 Å². The first kappa shape index (κ1) is 26.3. The van der Waals surface area contributed by atoms with Crippen LogP contribution < -0.4 is 0 Å². The maximum Gasteiger partial charge on any atom is 0.335 e. The van der Waals surface area contributed by atoms with Gasteiger partial charge in [-0.1, -0.05) is 57.2 Å². The average Bonchev–Trinajstić information content (AvgIpc) is 2.62. The summed E-state index contributed by atoms with van der Waals surface area (Å²) in [5, 5.41) is 35.6. The Bertz CT molecular complexity index is 681. The Morgan fingerprint density at radius 2 is 1.10 bits per heavy atom. The first-order valence-corrected chi connectivity index (χ1v) is 9.23. The molecule has 2 aromatic rings. The molecule has 0 fully saturated rings. The standard InChI is InChI=1S/C9H20O2.2C7H6O2/c1-7(10)9(5,11)6-8(2,3)4;2*8-7(9)6-4-2-1-3-5-6/h7,10-11H,6H2,1-5H3;2*1-5H,(H,8,9). The van der Waals surface area contributed by atoms with E-state index < -0.39 is 23.6 Å². The van der Waals surface area contributed by atoms with Crippen molar-refractivity contribution >= 4 is 11.9 Å². The van der Waals surface area contributed by atoms with Crippen LogP contribution in [0.3, 0.4) is 0 Å². The number of aromatic carboxylic acids is 2. The lowest BCUT2D eigenvalue weighted by Gasteiger charge is -2.33. The largest absolute Gasteiger partial charge is 0.478 e. The summed E-state index contributed by atoms with van der Waals surface area (Å²) >= 11 is 0. The first-order chi connectivity index (χ1) is 13.3. The molecule has 160 valence electrons. The van der Waals surface area contributed by atoms with Crippen LogP contribution in [-0.2, 0) is 0 Å². The Labute approximate surface area is 172 Å². The highest BCUT2D eigenvalue weighted by Gasteiger charge is 2.31. The summed E-state index contributed by atoms with van der Waals surface area (Å²) in [6, 6.07) is 16.6. The molecule has 2 aromatic carbocycles. The van der Waals surface area contributed by atoms with Gasteiger partial charge in [0.05, 0.1) is 22.8 Å². The molecule has 29 heavy (non-hydrogen) atoms. The molecule has 2 atom stereocenters. The van der Waals surface area contributed by atoms with Gasteiger partial charge in [-0.05, 0) is 49.9 Å². The van der Waals surface area contributed by atoms with Gasteiger partial charge in [-0.2, -0.15) is 0 Å². The van der Waals surface area contributed by atoms with Crippen LogP contribution in [0.2, 0.25) is 0 Å². The van der Waals surface area contributed by atoms with Crippen molar-refractivity contribution in [2.24, 2.45) is 5.41 Å². The second-order valence-corrected chi connectivity index (χ2v) is 8.11. The number of hydrogen-bond acceptors (Lipinski definition) is 4.